The lowest BCUT2D eigenvalue weighted by molar-refractivity contribution is 0.965. The van der Waals surface area contributed by atoms with E-state index in [0.29, 0.717) is 28.1 Å². The highest BCUT2D eigenvalue weighted by Gasteiger charge is 2.05. The van der Waals surface area contributed by atoms with Crippen LogP contribution >= 0.6 is 23.2 Å². The first-order valence-electron chi connectivity index (χ1n) is 4.91. The molecule has 0 aliphatic carbocycles. The van der Waals surface area contributed by atoms with Crippen LogP contribution in [0.2, 0.25) is 10.0 Å². The summed E-state index contributed by atoms with van der Waals surface area (Å²) in [5.41, 5.74) is 3.39. The second-order valence-electron chi connectivity index (χ2n) is 3.41. The molecule has 0 unspecified atom stereocenters. The van der Waals surface area contributed by atoms with E-state index in [4.69, 9.17) is 29.0 Å². The Labute approximate surface area is 109 Å². The van der Waals surface area contributed by atoms with E-state index < -0.39 is 0 Å². The zero-order valence-electron chi connectivity index (χ0n) is 8.82. The predicted octanol–water partition coefficient (Wildman–Crippen LogP) is 2.66. The molecule has 6 heteroatoms. The van der Waals surface area contributed by atoms with E-state index >= 15 is 0 Å². The molecule has 0 aliphatic heterocycles. The predicted molar refractivity (Wildman–Crippen MR) is 69.1 cm³/mol. The summed E-state index contributed by atoms with van der Waals surface area (Å²) in [6.07, 6.45) is 2.17. The molecule has 0 fully saturated rings. The van der Waals surface area contributed by atoms with E-state index in [9.17, 15) is 0 Å². The minimum Gasteiger partial charge on any atom is -0.308 e. The zero-order chi connectivity index (χ0) is 12.3. The van der Waals surface area contributed by atoms with Crippen molar-refractivity contribution >= 4 is 29.0 Å². The van der Waals surface area contributed by atoms with Gasteiger partial charge in [0.2, 0.25) is 0 Å². The number of nitrogens with zero attached hydrogens (tertiary/aromatic N) is 2. The zero-order valence-corrected chi connectivity index (χ0v) is 10.3. The van der Waals surface area contributed by atoms with Crippen molar-refractivity contribution in [1.82, 2.24) is 9.97 Å². The number of nitrogen functional groups attached to an aromatic ring is 1. The Bertz CT molecular complexity index is 531. The quantitative estimate of drug-likeness (QED) is 0.664. The molecule has 0 atom stereocenters. The van der Waals surface area contributed by atoms with E-state index in [1.54, 1.807) is 24.4 Å². The Morgan fingerprint density at radius 2 is 2.06 bits per heavy atom. The number of aromatic nitrogens is 2. The normalized spacial score (nSPS) is 10.3. The smallest absolute Gasteiger partial charge is 0.143 e. The summed E-state index contributed by atoms with van der Waals surface area (Å²) in [4.78, 5) is 8.36. The number of hydrogen-bond acceptors (Lipinski definition) is 4. The van der Waals surface area contributed by atoms with Crippen molar-refractivity contribution in [1.29, 1.82) is 0 Å². The van der Waals surface area contributed by atoms with Crippen molar-refractivity contribution in [3.8, 4) is 0 Å². The fourth-order valence-electron chi connectivity index (χ4n) is 1.40. The van der Waals surface area contributed by atoms with Gasteiger partial charge in [-0.1, -0.05) is 29.3 Å². The molecular formula is C11H10Cl2N4. The highest BCUT2D eigenvalue weighted by molar-refractivity contribution is 6.35. The highest BCUT2D eigenvalue weighted by Crippen LogP contribution is 2.22. The van der Waals surface area contributed by atoms with E-state index in [-0.39, 0.29) is 0 Å². The van der Waals surface area contributed by atoms with Crippen molar-refractivity contribution < 1.29 is 0 Å². The van der Waals surface area contributed by atoms with Gasteiger partial charge in [0.1, 0.15) is 11.6 Å². The molecule has 1 heterocycles. The first kappa shape index (κ1) is 12.1. The van der Waals surface area contributed by atoms with Crippen LogP contribution in [0.1, 0.15) is 11.4 Å². The number of nitrogens with one attached hydrogen (secondary N) is 1. The third-order valence-electron chi connectivity index (χ3n) is 2.22. The van der Waals surface area contributed by atoms with E-state index in [2.05, 4.69) is 15.4 Å². The summed E-state index contributed by atoms with van der Waals surface area (Å²) in [7, 11) is 0. The van der Waals surface area contributed by atoms with Crippen LogP contribution in [0, 0.1) is 0 Å². The van der Waals surface area contributed by atoms with Crippen molar-refractivity contribution in [2.45, 2.75) is 6.42 Å². The molecule has 0 bridgehead atoms. The van der Waals surface area contributed by atoms with E-state index in [0.717, 1.165) is 5.56 Å². The maximum atomic E-state index is 6.07. The first-order valence-corrected chi connectivity index (χ1v) is 5.67. The molecular weight excluding hydrogens is 259 g/mol. The molecule has 0 saturated heterocycles. The highest BCUT2D eigenvalue weighted by atomic mass is 35.5. The Balaban J connectivity index is 2.25. The molecule has 3 N–H and O–H groups in total. The number of nitrogens with two attached hydrogens (primary N) is 1. The molecule has 17 heavy (non-hydrogen) atoms. The summed E-state index contributed by atoms with van der Waals surface area (Å²) in [5.74, 6) is 6.49. The summed E-state index contributed by atoms with van der Waals surface area (Å²) in [6, 6.07) is 7.03. The fraction of sp³-hybridized carbons (Fsp3) is 0.0909. The van der Waals surface area contributed by atoms with Gasteiger partial charge in [0.05, 0.1) is 0 Å². The number of halogens is 2. The van der Waals surface area contributed by atoms with Crippen molar-refractivity contribution in [3.63, 3.8) is 0 Å². The summed E-state index contributed by atoms with van der Waals surface area (Å²) in [6.45, 7) is 0. The third kappa shape index (κ3) is 3.06. The van der Waals surface area contributed by atoms with E-state index in [1.807, 2.05) is 6.07 Å². The molecule has 0 saturated carbocycles. The van der Waals surface area contributed by atoms with Crippen molar-refractivity contribution in [2.24, 2.45) is 5.84 Å². The Kier molecular flexibility index (Phi) is 3.78. The topological polar surface area (TPSA) is 63.8 Å². The van der Waals surface area contributed by atoms with Gasteiger partial charge in [0.15, 0.2) is 0 Å². The van der Waals surface area contributed by atoms with Crippen LogP contribution in [-0.4, -0.2) is 9.97 Å². The lowest BCUT2D eigenvalue weighted by Gasteiger charge is -2.05. The Morgan fingerprint density at radius 3 is 2.76 bits per heavy atom. The average Bonchev–Trinajstić information content (AvgIpc) is 2.33. The second-order valence-corrected chi connectivity index (χ2v) is 4.26. The Hall–Kier alpha value is -1.36. The SMILES string of the molecule is NNc1ccnc(Cc2ccc(Cl)cc2Cl)n1. The number of benzene rings is 1. The van der Waals surface area contributed by atoms with Gasteiger partial charge in [0.25, 0.3) is 0 Å². The van der Waals surface area contributed by atoms with E-state index in [1.165, 1.54) is 0 Å². The lowest BCUT2D eigenvalue weighted by Crippen LogP contribution is -2.10. The number of hydrogen-bond donors (Lipinski definition) is 2. The summed E-state index contributed by atoms with van der Waals surface area (Å²) >= 11 is 11.9. The standard InChI is InChI=1S/C11H10Cl2N4/c12-8-2-1-7(9(13)6-8)5-11-15-4-3-10(16-11)17-14/h1-4,6H,5,14H2,(H,15,16,17). The van der Waals surface area contributed by atoms with Crippen LogP contribution < -0.4 is 11.3 Å². The van der Waals surface area contributed by atoms with Crippen LogP contribution in [0.25, 0.3) is 0 Å². The van der Waals surface area contributed by atoms with Gasteiger partial charge < -0.3 is 5.43 Å². The van der Waals surface area contributed by atoms with Gasteiger partial charge in [0, 0.05) is 28.7 Å². The summed E-state index contributed by atoms with van der Waals surface area (Å²) < 4.78 is 0. The molecule has 0 radical (unpaired) electrons. The monoisotopic (exact) mass is 268 g/mol. The molecule has 1 aromatic carbocycles. The van der Waals surface area contributed by atoms with Crippen LogP contribution in [0.3, 0.4) is 0 Å². The Morgan fingerprint density at radius 1 is 1.24 bits per heavy atom. The van der Waals surface area contributed by atoms with Gasteiger partial charge in [-0.25, -0.2) is 15.8 Å². The number of rotatable bonds is 3. The molecule has 88 valence electrons. The minimum absolute atomic E-state index is 0.533. The van der Waals surface area contributed by atoms with Crippen LogP contribution in [0.4, 0.5) is 5.82 Å². The average molecular weight is 269 g/mol. The van der Waals surface area contributed by atoms with Gasteiger partial charge >= 0.3 is 0 Å². The minimum atomic E-state index is 0.533. The van der Waals surface area contributed by atoms with Gasteiger partial charge in [-0.05, 0) is 17.7 Å². The first-order chi connectivity index (χ1) is 8.19. The number of hydrazine groups is 1. The van der Waals surface area contributed by atoms with Crippen LogP contribution in [0.15, 0.2) is 30.5 Å². The maximum Gasteiger partial charge on any atom is 0.143 e. The lowest BCUT2D eigenvalue weighted by atomic mass is 10.1. The largest absolute Gasteiger partial charge is 0.308 e. The molecule has 2 rings (SSSR count). The third-order valence-corrected chi connectivity index (χ3v) is 2.80. The molecule has 0 spiro atoms. The molecule has 2 aromatic rings. The molecule has 0 amide bonds. The second kappa shape index (κ2) is 5.31. The fourth-order valence-corrected chi connectivity index (χ4v) is 1.88. The van der Waals surface area contributed by atoms with Crippen molar-refractivity contribution in [2.75, 3.05) is 5.43 Å². The molecule has 1 aromatic heterocycles. The maximum absolute atomic E-state index is 6.07. The molecule has 0 aliphatic rings. The van der Waals surface area contributed by atoms with Crippen molar-refractivity contribution in [3.05, 3.63) is 51.9 Å². The van der Waals surface area contributed by atoms with Gasteiger partial charge in [-0.15, -0.1) is 0 Å². The van der Waals surface area contributed by atoms with Crippen LogP contribution in [-0.2, 0) is 6.42 Å². The van der Waals surface area contributed by atoms with Gasteiger partial charge in [-0.3, -0.25) is 0 Å². The number of anilines is 1. The molecule has 4 nitrogen and oxygen atoms in total. The van der Waals surface area contributed by atoms with Crippen LogP contribution in [0.5, 0.6) is 0 Å². The summed E-state index contributed by atoms with van der Waals surface area (Å²) in [5, 5.41) is 1.21. The van der Waals surface area contributed by atoms with Gasteiger partial charge in [-0.2, -0.15) is 0 Å².